The first-order valence-electron chi connectivity index (χ1n) is 5.67. The van der Waals surface area contributed by atoms with Gasteiger partial charge in [-0.2, -0.15) is 0 Å². The van der Waals surface area contributed by atoms with E-state index in [4.69, 9.17) is 4.74 Å². The summed E-state index contributed by atoms with van der Waals surface area (Å²) in [6, 6.07) is 3.49. The summed E-state index contributed by atoms with van der Waals surface area (Å²) in [5.41, 5.74) is 4.75. The van der Waals surface area contributed by atoms with Crippen molar-refractivity contribution in [3.8, 4) is 5.75 Å². The Balaban J connectivity index is 1.97. The molecule has 20 heavy (non-hydrogen) atoms. The van der Waals surface area contributed by atoms with E-state index >= 15 is 0 Å². The molecule has 0 unspecified atom stereocenters. The summed E-state index contributed by atoms with van der Waals surface area (Å²) in [4.78, 5) is 24.7. The summed E-state index contributed by atoms with van der Waals surface area (Å²) in [7, 11) is 0. The Morgan fingerprint density at radius 3 is 2.35 bits per heavy atom. The molecule has 2 rings (SSSR count). The van der Waals surface area contributed by atoms with E-state index in [0.29, 0.717) is 26.6 Å². The molecule has 0 aliphatic carbocycles. The largest absolute Gasteiger partial charge is 0.492 e. The van der Waals surface area contributed by atoms with Gasteiger partial charge in [-0.3, -0.25) is 20.4 Å². The summed E-state index contributed by atoms with van der Waals surface area (Å²) < 4.78 is 6.02. The second-order valence-electron chi connectivity index (χ2n) is 3.55. The van der Waals surface area contributed by atoms with Gasteiger partial charge in [0.25, 0.3) is 11.8 Å². The predicted molar refractivity (Wildman–Crippen MR) is 82.4 cm³/mol. The number of nitrogens with one attached hydrogen (secondary N) is 2. The molecule has 0 saturated carbocycles. The zero-order chi connectivity index (χ0) is 14.5. The van der Waals surface area contributed by atoms with Crippen molar-refractivity contribution in [2.24, 2.45) is 0 Å². The highest BCUT2D eigenvalue weighted by Gasteiger charge is 2.16. The van der Waals surface area contributed by atoms with Crippen LogP contribution in [-0.4, -0.2) is 18.4 Å². The van der Waals surface area contributed by atoms with Crippen molar-refractivity contribution in [3.05, 3.63) is 37.1 Å². The second-order valence-corrected chi connectivity index (χ2v) is 6.24. The van der Waals surface area contributed by atoms with Gasteiger partial charge >= 0.3 is 0 Å². The molecule has 0 aliphatic rings. The quantitative estimate of drug-likeness (QED) is 0.808. The number of carbonyl (C=O) groups excluding carboxylic acids is 2. The fourth-order valence-corrected chi connectivity index (χ4v) is 3.59. The molecule has 0 aliphatic heterocycles. The van der Waals surface area contributed by atoms with Crippen LogP contribution in [-0.2, 0) is 0 Å². The highest BCUT2D eigenvalue weighted by atomic mass is 79.9. The molecule has 2 N–H and O–H groups in total. The lowest BCUT2D eigenvalue weighted by Crippen LogP contribution is -2.41. The number of hydrogen-bond donors (Lipinski definition) is 2. The van der Waals surface area contributed by atoms with Crippen LogP contribution in [0.15, 0.2) is 27.4 Å². The Labute approximate surface area is 132 Å². The van der Waals surface area contributed by atoms with E-state index in [-0.39, 0.29) is 5.91 Å². The van der Waals surface area contributed by atoms with Crippen LogP contribution >= 0.6 is 38.6 Å². The molecule has 2 aromatic rings. The molecule has 0 atom stereocenters. The van der Waals surface area contributed by atoms with Crippen molar-refractivity contribution in [1.29, 1.82) is 0 Å². The third-order valence-corrected chi connectivity index (χ3v) is 4.98. The van der Waals surface area contributed by atoms with Gasteiger partial charge in [-0.25, -0.2) is 0 Å². The van der Waals surface area contributed by atoms with Crippen LogP contribution in [0.1, 0.15) is 26.3 Å². The number of ether oxygens (including phenoxy) is 1. The Morgan fingerprint density at radius 2 is 1.75 bits per heavy atom. The lowest BCUT2D eigenvalue weighted by atomic mass is 10.4. The number of rotatable bonds is 4. The van der Waals surface area contributed by atoms with Crippen molar-refractivity contribution in [2.45, 2.75) is 6.92 Å². The van der Waals surface area contributed by atoms with Crippen LogP contribution in [0.3, 0.4) is 0 Å². The molecule has 0 aromatic carbocycles. The fourth-order valence-electron chi connectivity index (χ4n) is 1.42. The fraction of sp³-hybridized carbons (Fsp3) is 0.167. The van der Waals surface area contributed by atoms with E-state index in [9.17, 15) is 9.59 Å². The van der Waals surface area contributed by atoms with E-state index in [1.807, 2.05) is 6.92 Å². The van der Waals surface area contributed by atoms with Gasteiger partial charge in [-0.1, -0.05) is 0 Å². The van der Waals surface area contributed by atoms with Crippen molar-refractivity contribution < 1.29 is 14.3 Å². The van der Waals surface area contributed by atoms with Gasteiger partial charge in [0.2, 0.25) is 0 Å². The van der Waals surface area contributed by atoms with Gasteiger partial charge in [0.05, 0.1) is 6.61 Å². The Bertz CT molecular complexity index is 624. The van der Waals surface area contributed by atoms with Crippen LogP contribution in [0, 0.1) is 0 Å². The highest BCUT2D eigenvalue weighted by molar-refractivity contribution is 9.10. The minimum Gasteiger partial charge on any atom is -0.492 e. The third-order valence-electron chi connectivity index (χ3n) is 2.25. The SMILES string of the molecule is CCOc1ccsc1C(=O)NNC(=O)c1sccc1Br. The first-order valence-corrected chi connectivity index (χ1v) is 8.22. The third kappa shape index (κ3) is 3.38. The Kier molecular flexibility index (Phi) is 5.16. The molecule has 0 fully saturated rings. The minimum atomic E-state index is -0.399. The summed E-state index contributed by atoms with van der Waals surface area (Å²) in [6.07, 6.45) is 0. The zero-order valence-corrected chi connectivity index (χ0v) is 13.7. The number of hydrogen-bond acceptors (Lipinski definition) is 5. The molecular weight excluding hydrogens is 364 g/mol. The number of halogens is 1. The van der Waals surface area contributed by atoms with E-state index in [1.165, 1.54) is 22.7 Å². The summed E-state index contributed by atoms with van der Waals surface area (Å²) in [5, 5.41) is 3.55. The van der Waals surface area contributed by atoms with Gasteiger partial charge < -0.3 is 4.74 Å². The van der Waals surface area contributed by atoms with Gasteiger partial charge in [0.15, 0.2) is 0 Å². The van der Waals surface area contributed by atoms with Crippen molar-refractivity contribution >= 4 is 50.4 Å². The number of amides is 2. The topological polar surface area (TPSA) is 67.4 Å². The molecule has 2 amide bonds. The van der Waals surface area contributed by atoms with Crippen LogP contribution in [0.2, 0.25) is 0 Å². The monoisotopic (exact) mass is 374 g/mol. The lowest BCUT2D eigenvalue weighted by molar-refractivity contribution is 0.0848. The van der Waals surface area contributed by atoms with Gasteiger partial charge in [-0.15, -0.1) is 22.7 Å². The molecule has 0 radical (unpaired) electrons. The van der Waals surface area contributed by atoms with Crippen LogP contribution in [0.5, 0.6) is 5.75 Å². The molecular formula is C12H11BrN2O3S2. The number of thiophene rings is 2. The molecule has 2 aromatic heterocycles. The average Bonchev–Trinajstić information content (AvgIpc) is 3.05. The van der Waals surface area contributed by atoms with E-state index in [2.05, 4.69) is 26.8 Å². The standard InChI is InChI=1S/C12H11BrN2O3S2/c1-2-18-8-4-6-20-10(8)12(17)15-14-11(16)9-7(13)3-5-19-9/h3-6H,2H2,1H3,(H,14,16)(H,15,17). The number of hydrazine groups is 1. The van der Waals surface area contributed by atoms with Gasteiger partial charge in [-0.05, 0) is 45.7 Å². The second kappa shape index (κ2) is 6.87. The lowest BCUT2D eigenvalue weighted by Gasteiger charge is -2.07. The van der Waals surface area contributed by atoms with Crippen LogP contribution in [0.4, 0.5) is 0 Å². The maximum atomic E-state index is 12.0. The maximum Gasteiger partial charge on any atom is 0.283 e. The van der Waals surface area contributed by atoms with Gasteiger partial charge in [0.1, 0.15) is 15.5 Å². The predicted octanol–water partition coefficient (Wildman–Crippen LogP) is 3.05. The summed E-state index contributed by atoms with van der Waals surface area (Å²) in [5.74, 6) is -0.249. The maximum absolute atomic E-state index is 12.0. The van der Waals surface area contributed by atoms with Crippen molar-refractivity contribution in [1.82, 2.24) is 10.9 Å². The van der Waals surface area contributed by atoms with E-state index in [1.54, 1.807) is 22.9 Å². The van der Waals surface area contributed by atoms with E-state index < -0.39 is 5.91 Å². The molecule has 0 saturated heterocycles. The first-order chi connectivity index (χ1) is 9.63. The van der Waals surface area contributed by atoms with Crippen LogP contribution in [0.25, 0.3) is 0 Å². The number of carbonyl (C=O) groups is 2. The molecule has 5 nitrogen and oxygen atoms in total. The Morgan fingerprint density at radius 1 is 1.15 bits per heavy atom. The summed E-state index contributed by atoms with van der Waals surface area (Å²) >= 11 is 5.80. The minimum absolute atomic E-state index is 0.366. The average molecular weight is 375 g/mol. The molecule has 106 valence electrons. The Hall–Kier alpha value is -1.38. The molecule has 2 heterocycles. The van der Waals surface area contributed by atoms with E-state index in [0.717, 1.165) is 0 Å². The molecule has 0 bridgehead atoms. The van der Waals surface area contributed by atoms with Crippen molar-refractivity contribution in [3.63, 3.8) is 0 Å². The molecule has 0 spiro atoms. The van der Waals surface area contributed by atoms with Gasteiger partial charge in [0, 0.05) is 4.47 Å². The van der Waals surface area contributed by atoms with Crippen LogP contribution < -0.4 is 15.6 Å². The smallest absolute Gasteiger partial charge is 0.283 e. The normalized spacial score (nSPS) is 10.1. The highest BCUT2D eigenvalue weighted by Crippen LogP contribution is 2.25. The summed E-state index contributed by atoms with van der Waals surface area (Å²) in [6.45, 7) is 2.32. The molecule has 8 heteroatoms. The zero-order valence-electron chi connectivity index (χ0n) is 10.4. The van der Waals surface area contributed by atoms with Crippen molar-refractivity contribution in [2.75, 3.05) is 6.61 Å². The first kappa shape index (κ1) is 15.0.